The van der Waals surface area contributed by atoms with E-state index in [0.717, 1.165) is 5.56 Å². The lowest BCUT2D eigenvalue weighted by Gasteiger charge is -2.14. The van der Waals surface area contributed by atoms with Crippen molar-refractivity contribution in [2.45, 2.75) is 19.9 Å². The second-order valence-corrected chi connectivity index (χ2v) is 4.73. The summed E-state index contributed by atoms with van der Waals surface area (Å²) in [7, 11) is 0. The Labute approximate surface area is 116 Å². The molecule has 0 aliphatic rings. The van der Waals surface area contributed by atoms with E-state index in [-0.39, 0.29) is 22.8 Å². The minimum Gasteiger partial charge on any atom is -0.344 e. The highest BCUT2D eigenvalue weighted by molar-refractivity contribution is 6.29. The molecule has 0 radical (unpaired) electrons. The standard InChI is InChI=1S/C14H14ClN3O/c1-9-3-5-11(6-4-9)10(2)16-14(19)12-7-8-13(15)18-17-12/h3-8,10H,1-2H3,(H,16,19). The molecule has 19 heavy (non-hydrogen) atoms. The first kappa shape index (κ1) is 13.5. The van der Waals surface area contributed by atoms with Crippen LogP contribution in [-0.2, 0) is 0 Å². The van der Waals surface area contributed by atoms with E-state index in [1.165, 1.54) is 5.56 Å². The van der Waals surface area contributed by atoms with Crippen LogP contribution in [0.3, 0.4) is 0 Å². The maximum Gasteiger partial charge on any atom is 0.272 e. The second kappa shape index (κ2) is 5.80. The van der Waals surface area contributed by atoms with Crippen LogP contribution in [0.4, 0.5) is 0 Å². The fraction of sp³-hybridized carbons (Fsp3) is 0.214. The Bertz CT molecular complexity index is 566. The molecule has 4 nitrogen and oxygen atoms in total. The number of hydrogen-bond acceptors (Lipinski definition) is 3. The van der Waals surface area contributed by atoms with Crippen molar-refractivity contribution in [3.8, 4) is 0 Å². The molecule has 0 saturated carbocycles. The molecule has 1 aromatic heterocycles. The number of aryl methyl sites for hydroxylation is 1. The van der Waals surface area contributed by atoms with Gasteiger partial charge in [0.1, 0.15) is 0 Å². The summed E-state index contributed by atoms with van der Waals surface area (Å²) in [5.41, 5.74) is 2.48. The number of aromatic nitrogens is 2. The highest BCUT2D eigenvalue weighted by Crippen LogP contribution is 2.13. The van der Waals surface area contributed by atoms with Crippen LogP contribution in [0.1, 0.15) is 34.6 Å². The first-order valence-corrected chi connectivity index (χ1v) is 6.31. The molecule has 0 bridgehead atoms. The summed E-state index contributed by atoms with van der Waals surface area (Å²) in [6, 6.07) is 11.0. The molecule has 1 amide bonds. The zero-order valence-corrected chi connectivity index (χ0v) is 11.5. The molecule has 5 heteroatoms. The molecule has 2 rings (SSSR count). The number of nitrogens with one attached hydrogen (secondary N) is 1. The average Bonchev–Trinajstić information content (AvgIpc) is 2.40. The van der Waals surface area contributed by atoms with Crippen molar-refractivity contribution in [3.63, 3.8) is 0 Å². The summed E-state index contributed by atoms with van der Waals surface area (Å²) in [6.07, 6.45) is 0. The van der Waals surface area contributed by atoms with Crippen molar-refractivity contribution >= 4 is 17.5 Å². The van der Waals surface area contributed by atoms with Crippen molar-refractivity contribution in [2.24, 2.45) is 0 Å². The molecular formula is C14H14ClN3O. The van der Waals surface area contributed by atoms with E-state index in [9.17, 15) is 4.79 Å². The van der Waals surface area contributed by atoms with E-state index in [1.54, 1.807) is 12.1 Å². The zero-order valence-electron chi connectivity index (χ0n) is 10.7. The fourth-order valence-electron chi connectivity index (χ4n) is 1.65. The molecule has 0 spiro atoms. The molecule has 0 saturated heterocycles. The summed E-state index contributed by atoms with van der Waals surface area (Å²) >= 11 is 5.63. The number of halogens is 1. The van der Waals surface area contributed by atoms with E-state index in [0.29, 0.717) is 0 Å². The van der Waals surface area contributed by atoms with Gasteiger partial charge in [-0.3, -0.25) is 4.79 Å². The Kier molecular flexibility index (Phi) is 4.12. The van der Waals surface area contributed by atoms with E-state index < -0.39 is 0 Å². The van der Waals surface area contributed by atoms with E-state index in [4.69, 9.17) is 11.6 Å². The molecule has 1 unspecified atom stereocenters. The number of amides is 1. The SMILES string of the molecule is Cc1ccc(C(C)NC(=O)c2ccc(Cl)nn2)cc1. The van der Waals surface area contributed by atoms with Crippen LogP contribution >= 0.6 is 11.6 Å². The van der Waals surface area contributed by atoms with Crippen molar-refractivity contribution < 1.29 is 4.79 Å². The lowest BCUT2D eigenvalue weighted by molar-refractivity contribution is 0.0934. The van der Waals surface area contributed by atoms with Crippen LogP contribution in [0.25, 0.3) is 0 Å². The maximum atomic E-state index is 11.9. The van der Waals surface area contributed by atoms with Gasteiger partial charge < -0.3 is 5.32 Å². The normalized spacial score (nSPS) is 11.9. The Balaban J connectivity index is 2.06. The summed E-state index contributed by atoms with van der Waals surface area (Å²) in [4.78, 5) is 11.9. The van der Waals surface area contributed by atoms with Gasteiger partial charge in [-0.1, -0.05) is 41.4 Å². The smallest absolute Gasteiger partial charge is 0.272 e. The van der Waals surface area contributed by atoms with Crippen molar-refractivity contribution in [1.29, 1.82) is 0 Å². The predicted molar refractivity (Wildman–Crippen MR) is 74.1 cm³/mol. The Morgan fingerprint density at radius 3 is 2.42 bits per heavy atom. The number of carbonyl (C=O) groups excluding carboxylic acids is 1. The molecule has 1 N–H and O–H groups in total. The summed E-state index contributed by atoms with van der Waals surface area (Å²) in [6.45, 7) is 3.95. The number of hydrogen-bond donors (Lipinski definition) is 1. The van der Waals surface area contributed by atoms with E-state index >= 15 is 0 Å². The minimum absolute atomic E-state index is 0.0921. The number of carbonyl (C=O) groups is 1. The van der Waals surface area contributed by atoms with Gasteiger partial charge >= 0.3 is 0 Å². The van der Waals surface area contributed by atoms with Gasteiger partial charge in [0.15, 0.2) is 10.8 Å². The van der Waals surface area contributed by atoms with Crippen LogP contribution < -0.4 is 5.32 Å². The Morgan fingerprint density at radius 1 is 1.16 bits per heavy atom. The van der Waals surface area contributed by atoms with Gasteiger partial charge in [0.2, 0.25) is 0 Å². The van der Waals surface area contributed by atoms with Crippen LogP contribution in [0.2, 0.25) is 5.15 Å². The largest absolute Gasteiger partial charge is 0.344 e. The van der Waals surface area contributed by atoms with Crippen molar-refractivity contribution in [3.05, 3.63) is 58.4 Å². The van der Waals surface area contributed by atoms with Crippen LogP contribution in [0.5, 0.6) is 0 Å². The highest BCUT2D eigenvalue weighted by Gasteiger charge is 2.12. The number of rotatable bonds is 3. The summed E-state index contributed by atoms with van der Waals surface area (Å²) in [5, 5.41) is 10.5. The fourth-order valence-corrected chi connectivity index (χ4v) is 1.75. The predicted octanol–water partition coefficient (Wildman–Crippen LogP) is 2.93. The molecule has 0 fully saturated rings. The lowest BCUT2D eigenvalue weighted by Crippen LogP contribution is -2.27. The second-order valence-electron chi connectivity index (χ2n) is 4.35. The highest BCUT2D eigenvalue weighted by atomic mass is 35.5. The molecule has 1 heterocycles. The topological polar surface area (TPSA) is 54.9 Å². The quantitative estimate of drug-likeness (QED) is 0.937. The van der Waals surface area contributed by atoms with Gasteiger partial charge in [-0.05, 0) is 31.5 Å². The monoisotopic (exact) mass is 275 g/mol. The van der Waals surface area contributed by atoms with Gasteiger partial charge in [0, 0.05) is 0 Å². The minimum atomic E-state index is -0.266. The molecular weight excluding hydrogens is 262 g/mol. The number of nitrogens with zero attached hydrogens (tertiary/aromatic N) is 2. The summed E-state index contributed by atoms with van der Waals surface area (Å²) < 4.78 is 0. The molecule has 1 aromatic carbocycles. The van der Waals surface area contributed by atoms with Gasteiger partial charge in [-0.15, -0.1) is 10.2 Å². The van der Waals surface area contributed by atoms with Crippen LogP contribution in [-0.4, -0.2) is 16.1 Å². The van der Waals surface area contributed by atoms with Crippen LogP contribution in [0.15, 0.2) is 36.4 Å². The zero-order chi connectivity index (χ0) is 13.8. The summed E-state index contributed by atoms with van der Waals surface area (Å²) in [5.74, 6) is -0.266. The lowest BCUT2D eigenvalue weighted by atomic mass is 10.1. The first-order chi connectivity index (χ1) is 9.06. The average molecular weight is 276 g/mol. The molecule has 0 aliphatic carbocycles. The van der Waals surface area contributed by atoms with Crippen molar-refractivity contribution in [2.75, 3.05) is 0 Å². The molecule has 0 aliphatic heterocycles. The Hall–Kier alpha value is -1.94. The Morgan fingerprint density at radius 2 is 1.84 bits per heavy atom. The number of benzene rings is 1. The first-order valence-electron chi connectivity index (χ1n) is 5.93. The van der Waals surface area contributed by atoms with Gasteiger partial charge in [-0.2, -0.15) is 0 Å². The van der Waals surface area contributed by atoms with Gasteiger partial charge in [-0.25, -0.2) is 0 Å². The van der Waals surface area contributed by atoms with Gasteiger partial charge in [0.05, 0.1) is 6.04 Å². The maximum absolute atomic E-state index is 11.9. The third-order valence-electron chi connectivity index (χ3n) is 2.79. The molecule has 2 aromatic rings. The van der Waals surface area contributed by atoms with E-state index in [2.05, 4.69) is 15.5 Å². The molecule has 98 valence electrons. The van der Waals surface area contributed by atoms with Gasteiger partial charge in [0.25, 0.3) is 5.91 Å². The molecule has 1 atom stereocenters. The van der Waals surface area contributed by atoms with Crippen LogP contribution in [0, 0.1) is 6.92 Å². The third kappa shape index (κ3) is 3.51. The van der Waals surface area contributed by atoms with Crippen molar-refractivity contribution in [1.82, 2.24) is 15.5 Å². The third-order valence-corrected chi connectivity index (χ3v) is 2.99. The van der Waals surface area contributed by atoms with E-state index in [1.807, 2.05) is 38.1 Å².